The second-order valence-corrected chi connectivity index (χ2v) is 5.41. The number of nitrogens with zero attached hydrogens (tertiary/aromatic N) is 1. The van der Waals surface area contributed by atoms with E-state index in [4.69, 9.17) is 49.0 Å². The van der Waals surface area contributed by atoms with E-state index in [0.717, 1.165) is 5.75 Å². The van der Waals surface area contributed by atoms with Crippen LogP contribution in [0.15, 0.2) is 30.5 Å². The summed E-state index contributed by atoms with van der Waals surface area (Å²) in [5, 5.41) is 0.182. The molecule has 0 unspecified atom stereocenters. The molecule has 23 heavy (non-hydrogen) atoms. The number of carbonyl (C=O) groups is 1. The van der Waals surface area contributed by atoms with Gasteiger partial charge >= 0.3 is 5.97 Å². The Morgan fingerprint density at radius 2 is 1.70 bits per heavy atom. The fourth-order valence-electron chi connectivity index (χ4n) is 1.62. The monoisotopic (exact) mass is 375 g/mol. The molecule has 0 aliphatic heterocycles. The average molecular weight is 377 g/mol. The number of benzene rings is 1. The zero-order valence-corrected chi connectivity index (χ0v) is 14.3. The van der Waals surface area contributed by atoms with E-state index in [1.807, 2.05) is 0 Å². The van der Waals surface area contributed by atoms with E-state index in [1.165, 1.54) is 6.20 Å². The summed E-state index contributed by atoms with van der Waals surface area (Å²) < 4.78 is 15.5. The molecule has 2 rings (SSSR count). The highest BCUT2D eigenvalue weighted by Crippen LogP contribution is 2.31. The van der Waals surface area contributed by atoms with E-state index in [-0.39, 0.29) is 34.0 Å². The van der Waals surface area contributed by atoms with Gasteiger partial charge in [-0.2, -0.15) is 0 Å². The molecule has 8 heteroatoms. The Bertz CT molecular complexity index is 692. The third-order valence-electron chi connectivity index (χ3n) is 2.76. The van der Waals surface area contributed by atoms with Crippen LogP contribution in [0, 0.1) is 0 Å². The highest BCUT2D eigenvalue weighted by atomic mass is 35.5. The van der Waals surface area contributed by atoms with Crippen LogP contribution in [0.5, 0.6) is 11.5 Å². The minimum atomic E-state index is -0.702. The molecule has 1 heterocycles. The maximum absolute atomic E-state index is 11.9. The van der Waals surface area contributed by atoms with E-state index >= 15 is 0 Å². The Morgan fingerprint density at radius 1 is 1.04 bits per heavy atom. The number of pyridine rings is 1. The zero-order valence-electron chi connectivity index (χ0n) is 12.0. The molecular weight excluding hydrogens is 365 g/mol. The third kappa shape index (κ3) is 4.64. The third-order valence-corrected chi connectivity index (χ3v) is 4.00. The summed E-state index contributed by atoms with van der Waals surface area (Å²) in [4.78, 5) is 15.7. The minimum absolute atomic E-state index is 0.0309. The summed E-state index contributed by atoms with van der Waals surface area (Å²) in [6.07, 6.45) is 1.24. The first-order valence-electron chi connectivity index (χ1n) is 6.46. The van der Waals surface area contributed by atoms with Crippen LogP contribution >= 0.6 is 34.8 Å². The van der Waals surface area contributed by atoms with Gasteiger partial charge in [0.2, 0.25) is 0 Å². The predicted octanol–water partition coefficient (Wildman–Crippen LogP) is 4.29. The van der Waals surface area contributed by atoms with E-state index in [0.29, 0.717) is 5.75 Å². The Hall–Kier alpha value is -1.69. The van der Waals surface area contributed by atoms with Gasteiger partial charge in [0.05, 0.1) is 22.2 Å². The highest BCUT2D eigenvalue weighted by molar-refractivity contribution is 6.48. The first-order valence-corrected chi connectivity index (χ1v) is 7.59. The van der Waals surface area contributed by atoms with Gasteiger partial charge in [-0.3, -0.25) is 0 Å². The molecule has 0 aliphatic carbocycles. The van der Waals surface area contributed by atoms with Gasteiger partial charge in [-0.25, -0.2) is 9.78 Å². The number of rotatable bonds is 6. The van der Waals surface area contributed by atoms with Crippen molar-refractivity contribution in [3.05, 3.63) is 51.2 Å². The maximum Gasteiger partial charge on any atom is 0.358 e. The smallest absolute Gasteiger partial charge is 0.358 e. The molecule has 1 aromatic heterocycles. The van der Waals surface area contributed by atoms with Crippen molar-refractivity contribution in [1.82, 2.24) is 4.98 Å². The summed E-state index contributed by atoms with van der Waals surface area (Å²) in [6, 6.07) is 7.03. The highest BCUT2D eigenvalue weighted by Gasteiger charge is 2.18. The van der Waals surface area contributed by atoms with Crippen molar-refractivity contribution in [2.75, 3.05) is 20.3 Å². The molecule has 0 spiro atoms. The summed E-state index contributed by atoms with van der Waals surface area (Å²) in [7, 11) is 1.58. The number of carbonyl (C=O) groups excluding carboxylic acids is 1. The second-order valence-electron chi connectivity index (χ2n) is 4.24. The number of methoxy groups -OCH3 is 1. The molecule has 0 aliphatic rings. The molecule has 0 fully saturated rings. The van der Waals surface area contributed by atoms with Crippen LogP contribution in [0.4, 0.5) is 0 Å². The molecule has 0 bridgehead atoms. The molecule has 0 saturated carbocycles. The number of halogens is 3. The number of hydrogen-bond acceptors (Lipinski definition) is 5. The number of aromatic nitrogens is 1. The van der Waals surface area contributed by atoms with Gasteiger partial charge in [0, 0.05) is 6.20 Å². The largest absolute Gasteiger partial charge is 0.497 e. The quantitative estimate of drug-likeness (QED) is 0.556. The Balaban J connectivity index is 1.84. The van der Waals surface area contributed by atoms with Gasteiger partial charge in [-0.1, -0.05) is 34.8 Å². The zero-order chi connectivity index (χ0) is 16.8. The van der Waals surface area contributed by atoms with E-state index in [2.05, 4.69) is 4.98 Å². The molecule has 1 aromatic carbocycles. The predicted molar refractivity (Wildman–Crippen MR) is 88.0 cm³/mol. The van der Waals surface area contributed by atoms with E-state index in [9.17, 15) is 4.79 Å². The van der Waals surface area contributed by atoms with Gasteiger partial charge < -0.3 is 14.2 Å². The molecule has 5 nitrogen and oxygen atoms in total. The molecule has 0 N–H and O–H groups in total. The number of ether oxygens (including phenoxy) is 3. The maximum atomic E-state index is 11.9. The molecule has 0 amide bonds. The summed E-state index contributed by atoms with van der Waals surface area (Å²) in [6.45, 7) is 0.208. The van der Waals surface area contributed by atoms with Gasteiger partial charge in [0.15, 0.2) is 5.69 Å². The van der Waals surface area contributed by atoms with Crippen LogP contribution in [-0.2, 0) is 4.74 Å². The lowest BCUT2D eigenvalue weighted by Crippen LogP contribution is -2.14. The van der Waals surface area contributed by atoms with Gasteiger partial charge in [0.25, 0.3) is 0 Å². The van der Waals surface area contributed by atoms with E-state index < -0.39 is 5.97 Å². The van der Waals surface area contributed by atoms with Crippen molar-refractivity contribution in [2.24, 2.45) is 0 Å². The standard InChI is InChI=1S/C15H12Cl3NO4/c1-21-9-2-4-10(5-3-9)22-6-7-23-15(20)14-13(18)12(17)11(16)8-19-14/h2-5,8H,6-7H2,1H3. The second kappa shape index (κ2) is 8.24. The lowest BCUT2D eigenvalue weighted by molar-refractivity contribution is 0.0444. The Labute approximate surface area is 148 Å². The first kappa shape index (κ1) is 17.7. The molecule has 0 radical (unpaired) electrons. The van der Waals surface area contributed by atoms with Crippen LogP contribution in [-0.4, -0.2) is 31.3 Å². The van der Waals surface area contributed by atoms with Gasteiger partial charge in [-0.15, -0.1) is 0 Å². The molecule has 0 saturated heterocycles. The SMILES string of the molecule is COc1ccc(OCCOC(=O)c2ncc(Cl)c(Cl)c2Cl)cc1. The Kier molecular flexibility index (Phi) is 6.33. The van der Waals surface area contributed by atoms with Crippen LogP contribution in [0.25, 0.3) is 0 Å². The fraction of sp³-hybridized carbons (Fsp3) is 0.200. The number of hydrogen-bond donors (Lipinski definition) is 0. The van der Waals surface area contributed by atoms with Crippen LogP contribution in [0.2, 0.25) is 15.1 Å². The van der Waals surface area contributed by atoms with Crippen molar-refractivity contribution in [2.45, 2.75) is 0 Å². The van der Waals surface area contributed by atoms with Gasteiger partial charge in [-0.05, 0) is 24.3 Å². The minimum Gasteiger partial charge on any atom is -0.497 e. The lowest BCUT2D eigenvalue weighted by Gasteiger charge is -2.09. The summed E-state index contributed by atoms with van der Waals surface area (Å²) in [5.74, 6) is 0.656. The van der Waals surface area contributed by atoms with Crippen LogP contribution in [0.1, 0.15) is 10.5 Å². The normalized spacial score (nSPS) is 10.3. The van der Waals surface area contributed by atoms with Gasteiger partial charge in [0.1, 0.15) is 24.7 Å². The van der Waals surface area contributed by atoms with Crippen LogP contribution in [0.3, 0.4) is 0 Å². The number of esters is 1. The van der Waals surface area contributed by atoms with Crippen molar-refractivity contribution in [3.63, 3.8) is 0 Å². The fourth-order valence-corrected chi connectivity index (χ4v) is 2.18. The topological polar surface area (TPSA) is 57.7 Å². The molecule has 122 valence electrons. The Morgan fingerprint density at radius 3 is 2.35 bits per heavy atom. The van der Waals surface area contributed by atoms with Crippen molar-refractivity contribution in [1.29, 1.82) is 0 Å². The molecule has 2 aromatic rings. The summed E-state index contributed by atoms with van der Waals surface area (Å²) >= 11 is 17.5. The van der Waals surface area contributed by atoms with Crippen molar-refractivity contribution >= 4 is 40.8 Å². The van der Waals surface area contributed by atoms with Crippen LogP contribution < -0.4 is 9.47 Å². The lowest BCUT2D eigenvalue weighted by atomic mass is 10.3. The van der Waals surface area contributed by atoms with E-state index in [1.54, 1.807) is 31.4 Å². The summed E-state index contributed by atoms with van der Waals surface area (Å²) in [5.41, 5.74) is -0.0921. The average Bonchev–Trinajstić information content (AvgIpc) is 2.57. The molecular formula is C15H12Cl3NO4. The van der Waals surface area contributed by atoms with Crippen molar-refractivity contribution in [3.8, 4) is 11.5 Å². The first-order chi connectivity index (χ1) is 11.0. The molecule has 0 atom stereocenters. The van der Waals surface area contributed by atoms with Crippen molar-refractivity contribution < 1.29 is 19.0 Å².